The lowest BCUT2D eigenvalue weighted by atomic mass is 10.1. The molecule has 2 amide bonds. The summed E-state index contributed by atoms with van der Waals surface area (Å²) in [5, 5.41) is 32.8. The third-order valence-corrected chi connectivity index (χ3v) is 13.5. The lowest BCUT2D eigenvalue weighted by Gasteiger charge is -2.01. The molecule has 0 bridgehead atoms. The number of carbonyl (C=O) groups is 2. The molecule has 0 fully saturated rings. The number of amides is 2. The van der Waals surface area contributed by atoms with Crippen LogP contribution in [-0.4, -0.2) is 87.4 Å². The minimum Gasteiger partial charge on any atom is -0.502 e. The summed E-state index contributed by atoms with van der Waals surface area (Å²) in [5.41, 5.74) is 4.39. The van der Waals surface area contributed by atoms with Crippen molar-refractivity contribution < 1.29 is 28.5 Å². The van der Waals surface area contributed by atoms with Crippen LogP contribution in [0.15, 0.2) is 98.6 Å². The van der Waals surface area contributed by atoms with Gasteiger partial charge in [0.25, 0.3) is 11.1 Å². The van der Waals surface area contributed by atoms with Crippen molar-refractivity contribution in [3.63, 3.8) is 0 Å². The lowest BCUT2D eigenvalue weighted by Crippen LogP contribution is -2.22. The summed E-state index contributed by atoms with van der Waals surface area (Å²) in [6, 6.07) is 3.61. The van der Waals surface area contributed by atoms with Crippen molar-refractivity contribution in [2.45, 2.75) is 205 Å². The average Bonchev–Trinajstić information content (AvgIpc) is 2.22. The fraction of sp³-hybridized carbons (Fsp3) is 0.597. The highest BCUT2D eigenvalue weighted by molar-refractivity contribution is 8.02. The topological polar surface area (TPSA) is 350 Å². The molecule has 5 aromatic heterocycles. The van der Waals surface area contributed by atoms with E-state index in [9.17, 15) is 24.0 Å². The third-order valence-electron chi connectivity index (χ3n) is 10.5. The van der Waals surface area contributed by atoms with E-state index < -0.39 is 0 Å². The van der Waals surface area contributed by atoms with E-state index >= 15 is 0 Å². The predicted octanol–water partition coefficient (Wildman–Crippen LogP) is 14.3. The maximum atomic E-state index is 11.1. The van der Waals surface area contributed by atoms with E-state index in [1.54, 1.807) is 20.2 Å². The normalized spacial score (nSPS) is 12.0. The summed E-state index contributed by atoms with van der Waals surface area (Å²) in [5.74, 6) is 8.14. The Morgan fingerprint density at radius 3 is 1.30 bits per heavy atom. The van der Waals surface area contributed by atoms with Gasteiger partial charge in [-0.15, -0.1) is 10.2 Å². The van der Waals surface area contributed by atoms with Gasteiger partial charge in [0.05, 0.1) is 12.0 Å². The fourth-order valence-corrected chi connectivity index (χ4v) is 7.84. The first-order valence-corrected chi connectivity index (χ1v) is 31.5. The van der Waals surface area contributed by atoms with Gasteiger partial charge in [-0.05, 0) is 25.3 Å². The van der Waals surface area contributed by atoms with Gasteiger partial charge in [0, 0.05) is 120 Å². The van der Waals surface area contributed by atoms with Crippen molar-refractivity contribution in [3.05, 3.63) is 125 Å². The number of aryl methyl sites for hydroxylation is 1. The molecule has 8 heterocycles. The second-order valence-corrected chi connectivity index (χ2v) is 25.1. The number of aromatic nitrogens is 8. The quantitative estimate of drug-likeness (QED) is 0.0587. The molecule has 0 saturated carbocycles. The van der Waals surface area contributed by atoms with Gasteiger partial charge >= 0.3 is 0 Å². The van der Waals surface area contributed by atoms with Crippen LogP contribution in [0.3, 0.4) is 0 Å². The minimum absolute atomic E-state index is 0. The molecule has 8 rings (SSSR count). The maximum absolute atomic E-state index is 11.1. The number of rotatable bonds is 10. The van der Waals surface area contributed by atoms with Gasteiger partial charge in [-0.2, -0.15) is 14.6 Å². The molecule has 0 spiro atoms. The zero-order valence-corrected chi connectivity index (χ0v) is 58.4. The van der Waals surface area contributed by atoms with Gasteiger partial charge in [0.1, 0.15) is 45.3 Å². The molecule has 9 N–H and O–H groups in total. The first-order valence-electron chi connectivity index (χ1n) is 28.2. The molecular weight excluding hydrogens is 1240 g/mol. The van der Waals surface area contributed by atoms with Crippen LogP contribution >= 0.6 is 47.2 Å². The van der Waals surface area contributed by atoms with Gasteiger partial charge in [0.2, 0.25) is 23.1 Å². The largest absolute Gasteiger partial charge is 0.502 e. The predicted molar refractivity (Wildman–Crippen MR) is 385 cm³/mol. The molecule has 0 aromatic carbocycles. The summed E-state index contributed by atoms with van der Waals surface area (Å²) in [4.78, 5) is 71.4. The molecular formula is C62H114N16O9S4. The molecule has 3 aliphatic heterocycles. The van der Waals surface area contributed by atoms with Crippen LogP contribution in [0, 0.1) is 36.5 Å². The first-order chi connectivity index (χ1) is 40.5. The highest BCUT2D eigenvalue weighted by Crippen LogP contribution is 2.21. The van der Waals surface area contributed by atoms with Crippen LogP contribution in [0.25, 0.3) is 0 Å². The van der Waals surface area contributed by atoms with Crippen molar-refractivity contribution in [2.24, 2.45) is 44.6 Å². The Labute approximate surface area is 560 Å². The molecule has 91 heavy (non-hydrogen) atoms. The van der Waals surface area contributed by atoms with E-state index in [0.717, 1.165) is 67.7 Å². The van der Waals surface area contributed by atoms with Gasteiger partial charge in [-0.1, -0.05) is 203 Å². The Bertz CT molecular complexity index is 2940. The standard InChI is InChI=1S/C8H10O3.C7H11NO.C6H10N2O.2C6H10N2S.C6H9NOS.C5H8N2OS.2C5H11NO.C4H8N4.4CH4/c1-5(2)6-3-11-4-7(9)8(6)10;1-5(2)7-4-6(3)8-9-7;3*1-4(2)6-7-5(3)9-8-6;1-4(2)5-3-6(8)7-9-5;1-3(2)4-5(8)7-9-6-4;2*1-4(2)5(7)6-3;1-3(2)4-5-7-8-6-4;;;;/h3-5,9H,1-2H3;4-5H,1-3H3;3*4H,3H2,1-2H3,(H,7,8);3-4H,1-2H3,(H,7,8);3H,1-2H3,(H,7,8);2*4H,1-3H3,(H,6,7);3H,1-2H3,(H,5,6,7,8);4*1H4. The Hall–Kier alpha value is -7.11. The Balaban J connectivity index is -0.000000220. The van der Waals surface area contributed by atoms with E-state index in [1.807, 2.05) is 96.1 Å². The van der Waals surface area contributed by atoms with Crippen LogP contribution in [0.5, 0.6) is 5.75 Å². The van der Waals surface area contributed by atoms with E-state index in [2.05, 4.69) is 155 Å². The number of hydroxylamine groups is 1. The number of nitrogens with one attached hydrogen (secondary N) is 8. The number of hydrogen-bond acceptors (Lipinski definition) is 24. The van der Waals surface area contributed by atoms with Crippen molar-refractivity contribution in [1.82, 2.24) is 64.5 Å². The summed E-state index contributed by atoms with van der Waals surface area (Å²) in [6.07, 6.45) is 2.40. The molecule has 29 heteroatoms. The highest BCUT2D eigenvalue weighted by Gasteiger charge is 2.15. The van der Waals surface area contributed by atoms with Crippen LogP contribution in [0.2, 0.25) is 0 Å². The molecule has 3 aliphatic rings. The fourth-order valence-electron chi connectivity index (χ4n) is 5.24. The van der Waals surface area contributed by atoms with Crippen LogP contribution < -0.4 is 42.1 Å². The number of aromatic hydroxyl groups is 1. The molecule has 5 aromatic rings. The number of hydrogen-bond donors (Lipinski definition) is 9. The van der Waals surface area contributed by atoms with Crippen LogP contribution in [0.1, 0.15) is 231 Å². The summed E-state index contributed by atoms with van der Waals surface area (Å²) < 4.78 is 24.9. The first kappa shape index (κ1) is 95.0. The monoisotopic (exact) mass is 1350 g/mol. The summed E-state index contributed by atoms with van der Waals surface area (Å²) in [7, 11) is 3.28. The molecule has 25 nitrogen and oxygen atoms in total. The van der Waals surface area contributed by atoms with E-state index in [-0.39, 0.29) is 87.5 Å². The van der Waals surface area contributed by atoms with Crippen molar-refractivity contribution >= 4 is 76.5 Å². The number of carbonyl (C=O) groups excluding carboxylic acids is 2. The number of H-pyrrole nitrogens is 3. The maximum Gasteiger partial charge on any atom is 0.281 e. The SMILES string of the molecule is C.C.C.C.C=C1N=C(C(C)C)NO1.C=C1N=C(C(C)C)NS1.C=C1N=C(C(C)C)NS1.CC(C)c1cc(=O)[nH]s1.CC(C)c1cocc(O)c1=O.CC(C)c1nn[nH]n1.CC(C)c1ns[nH]c1=O.CNC(=O)C(C)C.CNC(=O)C(C)C.Cc1cc(C(C)C)on1. The van der Waals surface area contributed by atoms with Gasteiger partial charge < -0.3 is 39.0 Å². The Kier molecular flexibility index (Phi) is 53.8. The second-order valence-electron chi connectivity index (χ2n) is 21.9. The average molecular weight is 1360 g/mol. The molecule has 0 saturated heterocycles. The minimum atomic E-state index is -0.341. The number of nitrogens with zero attached hydrogens (tertiary/aromatic N) is 8. The molecule has 0 atom stereocenters. The number of tetrazole rings is 1. The van der Waals surface area contributed by atoms with Crippen molar-refractivity contribution in [3.8, 4) is 5.75 Å². The molecule has 0 unspecified atom stereocenters. The van der Waals surface area contributed by atoms with E-state index in [0.29, 0.717) is 52.6 Å². The van der Waals surface area contributed by atoms with E-state index in [1.165, 1.54) is 41.7 Å². The second kappa shape index (κ2) is 51.5. The lowest BCUT2D eigenvalue weighted by molar-refractivity contribution is -0.124. The molecule has 0 radical (unpaired) electrons. The molecule has 0 aliphatic carbocycles. The molecule has 520 valence electrons. The summed E-state index contributed by atoms with van der Waals surface area (Å²) >= 11 is 5.50. The zero-order chi connectivity index (χ0) is 67.3. The van der Waals surface area contributed by atoms with Gasteiger partial charge in [0.15, 0.2) is 11.6 Å². The van der Waals surface area contributed by atoms with Gasteiger partial charge in [-0.3, -0.25) is 32.7 Å². The van der Waals surface area contributed by atoms with Crippen LogP contribution in [-0.2, 0) is 14.4 Å². The van der Waals surface area contributed by atoms with Crippen molar-refractivity contribution in [2.75, 3.05) is 14.1 Å². The van der Waals surface area contributed by atoms with Crippen molar-refractivity contribution in [1.29, 1.82) is 0 Å². The number of aromatic amines is 3. The van der Waals surface area contributed by atoms with Crippen LogP contribution in [0.4, 0.5) is 0 Å². The smallest absolute Gasteiger partial charge is 0.281 e. The Morgan fingerprint density at radius 1 is 0.615 bits per heavy atom. The Morgan fingerprint density at radius 2 is 1.11 bits per heavy atom. The summed E-state index contributed by atoms with van der Waals surface area (Å²) in [6.45, 7) is 52.7. The highest BCUT2D eigenvalue weighted by atomic mass is 32.2. The third kappa shape index (κ3) is 42.6. The van der Waals surface area contributed by atoms with E-state index in [4.69, 9.17) is 18.9 Å². The number of amidine groups is 3. The zero-order valence-electron chi connectivity index (χ0n) is 55.1. The number of aliphatic imine (C=N–C) groups is 3. The van der Waals surface area contributed by atoms with Gasteiger partial charge in [-0.25, -0.2) is 15.5 Å².